The van der Waals surface area contributed by atoms with Gasteiger partial charge >= 0.3 is 0 Å². The fraction of sp³-hybridized carbons (Fsp3) is 0.0714. The van der Waals surface area contributed by atoms with E-state index in [0.29, 0.717) is 5.56 Å². The first kappa shape index (κ1) is 13.9. The molecule has 0 heterocycles. The van der Waals surface area contributed by atoms with Crippen molar-refractivity contribution >= 4 is 11.6 Å². The van der Waals surface area contributed by atoms with Crippen LogP contribution in [-0.2, 0) is 6.54 Å². The summed E-state index contributed by atoms with van der Waals surface area (Å²) in [5, 5.41) is 2.41. The maximum Gasteiger partial charge on any atom is 0.254 e. The molecule has 0 spiro atoms. The van der Waals surface area contributed by atoms with Gasteiger partial charge in [0, 0.05) is 6.54 Å². The summed E-state index contributed by atoms with van der Waals surface area (Å²) in [6.07, 6.45) is 0. The van der Waals surface area contributed by atoms with Crippen LogP contribution in [-0.4, -0.2) is 5.91 Å². The van der Waals surface area contributed by atoms with E-state index < -0.39 is 34.6 Å². The summed E-state index contributed by atoms with van der Waals surface area (Å²) in [5.74, 6) is -2.96. The number of hydrogen-bond donors (Lipinski definition) is 2. The van der Waals surface area contributed by atoms with Crippen molar-refractivity contribution in [3.8, 4) is 0 Å². The van der Waals surface area contributed by atoms with Crippen LogP contribution in [0.2, 0.25) is 0 Å². The van der Waals surface area contributed by atoms with E-state index in [1.807, 2.05) is 0 Å². The average Bonchev–Trinajstić information content (AvgIpc) is 2.42. The van der Waals surface area contributed by atoms with E-state index in [-0.39, 0.29) is 6.54 Å². The lowest BCUT2D eigenvalue weighted by Gasteiger charge is -2.08. The number of carbonyl (C=O) groups excluding carboxylic acids is 1. The van der Waals surface area contributed by atoms with Crippen molar-refractivity contribution in [1.82, 2.24) is 5.32 Å². The van der Waals surface area contributed by atoms with Gasteiger partial charge in [0.1, 0.15) is 11.6 Å². The number of nitrogens with two attached hydrogens (primary N) is 1. The normalized spacial score (nSPS) is 10.3. The van der Waals surface area contributed by atoms with Crippen LogP contribution in [0.15, 0.2) is 36.4 Å². The average molecular weight is 280 g/mol. The van der Waals surface area contributed by atoms with Crippen molar-refractivity contribution in [3.63, 3.8) is 0 Å². The number of hydrogen-bond acceptors (Lipinski definition) is 2. The predicted octanol–water partition coefficient (Wildman–Crippen LogP) is 2.62. The van der Waals surface area contributed by atoms with E-state index in [1.54, 1.807) is 0 Å². The molecule has 0 radical (unpaired) electrons. The molecule has 0 aliphatic carbocycles. The highest BCUT2D eigenvalue weighted by molar-refractivity contribution is 5.95. The molecule has 1 amide bonds. The molecule has 3 N–H and O–H groups in total. The summed E-state index contributed by atoms with van der Waals surface area (Å²) in [6, 6.07) is 7.00. The Labute approximate surface area is 113 Å². The van der Waals surface area contributed by atoms with Crippen molar-refractivity contribution in [2.75, 3.05) is 5.73 Å². The Morgan fingerprint density at radius 3 is 2.35 bits per heavy atom. The summed E-state index contributed by atoms with van der Waals surface area (Å²) < 4.78 is 39.4. The van der Waals surface area contributed by atoms with Gasteiger partial charge in [-0.25, -0.2) is 13.2 Å². The van der Waals surface area contributed by atoms with E-state index >= 15 is 0 Å². The number of rotatable bonds is 3. The quantitative estimate of drug-likeness (QED) is 0.849. The zero-order valence-electron chi connectivity index (χ0n) is 10.3. The fourth-order valence-electron chi connectivity index (χ4n) is 1.66. The number of nitrogen functional groups attached to an aromatic ring is 1. The Morgan fingerprint density at radius 2 is 1.70 bits per heavy atom. The smallest absolute Gasteiger partial charge is 0.254 e. The van der Waals surface area contributed by atoms with Gasteiger partial charge in [0.25, 0.3) is 5.91 Å². The molecule has 0 fully saturated rings. The molecular formula is C14H11F3N2O. The maximum absolute atomic E-state index is 13.6. The van der Waals surface area contributed by atoms with E-state index in [4.69, 9.17) is 5.73 Å². The number of anilines is 1. The maximum atomic E-state index is 13.6. The van der Waals surface area contributed by atoms with Crippen LogP contribution >= 0.6 is 0 Å². The molecule has 0 saturated heterocycles. The Bertz CT molecular complexity index is 642. The van der Waals surface area contributed by atoms with Crippen LogP contribution in [0, 0.1) is 17.5 Å². The molecule has 0 bridgehead atoms. The van der Waals surface area contributed by atoms with Crippen LogP contribution in [0.3, 0.4) is 0 Å². The minimum Gasteiger partial charge on any atom is -0.396 e. The van der Waals surface area contributed by atoms with Gasteiger partial charge in [0.15, 0.2) is 5.82 Å². The van der Waals surface area contributed by atoms with Crippen molar-refractivity contribution in [2.45, 2.75) is 6.54 Å². The van der Waals surface area contributed by atoms with Crippen molar-refractivity contribution in [2.24, 2.45) is 0 Å². The summed E-state index contributed by atoms with van der Waals surface area (Å²) in [6.45, 7) is 0.0645. The largest absolute Gasteiger partial charge is 0.396 e. The second-order valence-electron chi connectivity index (χ2n) is 4.17. The van der Waals surface area contributed by atoms with Gasteiger partial charge in [0.05, 0.1) is 11.3 Å². The summed E-state index contributed by atoms with van der Waals surface area (Å²) in [5.41, 5.74) is 4.97. The lowest BCUT2D eigenvalue weighted by Crippen LogP contribution is -2.24. The van der Waals surface area contributed by atoms with Gasteiger partial charge in [-0.2, -0.15) is 0 Å². The lowest BCUT2D eigenvalue weighted by molar-refractivity contribution is 0.0946. The number of amides is 1. The SMILES string of the molecule is Nc1cc(F)cc(C(=O)NCc2ccc(F)cc2)c1F. The minimum atomic E-state index is -0.969. The van der Waals surface area contributed by atoms with Crippen molar-refractivity contribution in [3.05, 3.63) is 65.0 Å². The molecule has 2 rings (SSSR count). The summed E-state index contributed by atoms with van der Waals surface area (Å²) in [7, 11) is 0. The highest BCUT2D eigenvalue weighted by Crippen LogP contribution is 2.17. The Balaban J connectivity index is 2.11. The third-order valence-corrected chi connectivity index (χ3v) is 2.68. The third-order valence-electron chi connectivity index (χ3n) is 2.68. The predicted molar refractivity (Wildman–Crippen MR) is 68.3 cm³/mol. The monoisotopic (exact) mass is 280 g/mol. The second-order valence-corrected chi connectivity index (χ2v) is 4.17. The van der Waals surface area contributed by atoms with E-state index in [9.17, 15) is 18.0 Å². The molecule has 0 atom stereocenters. The Kier molecular flexibility index (Phi) is 3.93. The Hall–Kier alpha value is -2.50. The van der Waals surface area contributed by atoms with Gasteiger partial charge in [-0.1, -0.05) is 12.1 Å². The molecule has 3 nitrogen and oxygen atoms in total. The molecule has 6 heteroatoms. The minimum absolute atomic E-state index is 0.0645. The highest BCUT2D eigenvalue weighted by Gasteiger charge is 2.15. The molecule has 0 aliphatic heterocycles. The van der Waals surface area contributed by atoms with Crippen LogP contribution in [0.25, 0.3) is 0 Å². The molecule has 104 valence electrons. The summed E-state index contributed by atoms with van der Waals surface area (Å²) >= 11 is 0. The number of halogens is 3. The molecular weight excluding hydrogens is 269 g/mol. The third kappa shape index (κ3) is 3.09. The van der Waals surface area contributed by atoms with Crippen molar-refractivity contribution in [1.29, 1.82) is 0 Å². The van der Waals surface area contributed by atoms with Gasteiger partial charge in [-0.3, -0.25) is 4.79 Å². The Morgan fingerprint density at radius 1 is 1.05 bits per heavy atom. The van der Waals surface area contributed by atoms with E-state index in [0.717, 1.165) is 12.1 Å². The molecule has 2 aromatic carbocycles. The van der Waals surface area contributed by atoms with Gasteiger partial charge in [0.2, 0.25) is 0 Å². The van der Waals surface area contributed by atoms with Crippen molar-refractivity contribution < 1.29 is 18.0 Å². The van der Waals surface area contributed by atoms with Crippen LogP contribution in [0.4, 0.5) is 18.9 Å². The number of nitrogens with one attached hydrogen (secondary N) is 1. The highest BCUT2D eigenvalue weighted by atomic mass is 19.1. The zero-order valence-corrected chi connectivity index (χ0v) is 10.3. The van der Waals surface area contributed by atoms with E-state index in [1.165, 1.54) is 24.3 Å². The zero-order chi connectivity index (χ0) is 14.7. The van der Waals surface area contributed by atoms with Crippen LogP contribution in [0.1, 0.15) is 15.9 Å². The fourth-order valence-corrected chi connectivity index (χ4v) is 1.66. The van der Waals surface area contributed by atoms with Gasteiger partial charge in [-0.05, 0) is 29.8 Å². The topological polar surface area (TPSA) is 55.1 Å². The van der Waals surface area contributed by atoms with Gasteiger partial charge in [-0.15, -0.1) is 0 Å². The number of benzene rings is 2. The first-order valence-electron chi connectivity index (χ1n) is 5.74. The molecule has 2 aromatic rings. The molecule has 0 saturated carbocycles. The first-order chi connectivity index (χ1) is 9.47. The molecule has 0 aliphatic rings. The molecule has 0 unspecified atom stereocenters. The van der Waals surface area contributed by atoms with Crippen LogP contribution in [0.5, 0.6) is 0 Å². The molecule has 0 aromatic heterocycles. The van der Waals surface area contributed by atoms with E-state index in [2.05, 4.69) is 5.32 Å². The van der Waals surface area contributed by atoms with Gasteiger partial charge < -0.3 is 11.1 Å². The first-order valence-corrected chi connectivity index (χ1v) is 5.74. The lowest BCUT2D eigenvalue weighted by atomic mass is 10.1. The van der Waals surface area contributed by atoms with Crippen LogP contribution < -0.4 is 11.1 Å². The number of carbonyl (C=O) groups is 1. The molecule has 20 heavy (non-hydrogen) atoms. The standard InChI is InChI=1S/C14H11F3N2O/c15-9-3-1-8(2-4-9)7-19-14(20)11-5-10(16)6-12(18)13(11)17/h1-6H,7,18H2,(H,19,20). The second kappa shape index (κ2) is 5.64. The summed E-state index contributed by atoms with van der Waals surface area (Å²) in [4.78, 5) is 11.8.